The summed E-state index contributed by atoms with van der Waals surface area (Å²) in [6.07, 6.45) is 1.87. The van der Waals surface area contributed by atoms with Crippen molar-refractivity contribution in [2.45, 2.75) is 23.6 Å². The van der Waals surface area contributed by atoms with E-state index < -0.39 is 0 Å². The molecule has 0 aliphatic heterocycles. The Labute approximate surface area is 125 Å². The summed E-state index contributed by atoms with van der Waals surface area (Å²) in [4.78, 5) is 23.2. The van der Waals surface area contributed by atoms with Crippen LogP contribution in [0.3, 0.4) is 0 Å². The monoisotopic (exact) mass is 306 g/mol. The van der Waals surface area contributed by atoms with Gasteiger partial charge in [-0.25, -0.2) is 9.97 Å². The van der Waals surface area contributed by atoms with Gasteiger partial charge in [-0.2, -0.15) is 5.26 Å². The summed E-state index contributed by atoms with van der Waals surface area (Å²) in [7, 11) is 1.72. The molecule has 2 rings (SSSR count). The largest absolute Gasteiger partial charge is 0.344 e. The van der Waals surface area contributed by atoms with E-state index in [9.17, 15) is 4.79 Å². The summed E-state index contributed by atoms with van der Waals surface area (Å²) < 4.78 is 0. The number of thiophene rings is 1. The second kappa shape index (κ2) is 6.68. The van der Waals surface area contributed by atoms with Gasteiger partial charge in [0.05, 0.1) is 17.7 Å². The van der Waals surface area contributed by atoms with E-state index in [1.54, 1.807) is 23.3 Å². The van der Waals surface area contributed by atoms with Crippen LogP contribution in [0, 0.1) is 11.3 Å². The molecule has 0 radical (unpaired) electrons. The third kappa shape index (κ3) is 3.26. The SMILES string of the molecule is C[C@H](Sc1ncnc2sccc12)C(=O)N(C)CCC#N. The van der Waals surface area contributed by atoms with Gasteiger partial charge in [-0.3, -0.25) is 4.79 Å². The van der Waals surface area contributed by atoms with E-state index in [2.05, 4.69) is 9.97 Å². The van der Waals surface area contributed by atoms with Gasteiger partial charge in [0.25, 0.3) is 0 Å². The zero-order valence-corrected chi connectivity index (χ0v) is 12.9. The second-order valence-electron chi connectivity index (χ2n) is 4.25. The Morgan fingerprint density at radius 2 is 2.40 bits per heavy atom. The molecule has 0 fully saturated rings. The molecule has 0 bridgehead atoms. The molecular formula is C13H14N4OS2. The van der Waals surface area contributed by atoms with Crippen molar-refractivity contribution in [1.82, 2.24) is 14.9 Å². The molecule has 0 aromatic carbocycles. The lowest BCUT2D eigenvalue weighted by atomic mass is 10.3. The van der Waals surface area contributed by atoms with Crippen molar-refractivity contribution in [2.75, 3.05) is 13.6 Å². The fourth-order valence-corrected chi connectivity index (χ4v) is 3.53. The van der Waals surface area contributed by atoms with Gasteiger partial charge in [0, 0.05) is 19.0 Å². The molecular weight excluding hydrogens is 292 g/mol. The topological polar surface area (TPSA) is 69.9 Å². The van der Waals surface area contributed by atoms with Crippen LogP contribution in [0.25, 0.3) is 10.2 Å². The van der Waals surface area contributed by atoms with Crippen LogP contribution >= 0.6 is 23.1 Å². The van der Waals surface area contributed by atoms with Crippen molar-refractivity contribution in [2.24, 2.45) is 0 Å². The molecule has 0 aliphatic rings. The van der Waals surface area contributed by atoms with Crippen molar-refractivity contribution in [3.8, 4) is 6.07 Å². The number of fused-ring (bicyclic) bond motifs is 1. The summed E-state index contributed by atoms with van der Waals surface area (Å²) in [6, 6.07) is 4.01. The molecule has 0 spiro atoms. The Hall–Kier alpha value is -1.65. The first kappa shape index (κ1) is 14.8. The maximum absolute atomic E-state index is 12.2. The van der Waals surface area contributed by atoms with Gasteiger partial charge in [-0.1, -0.05) is 11.8 Å². The number of carbonyl (C=O) groups is 1. The Kier molecular flexibility index (Phi) is 4.93. The summed E-state index contributed by atoms with van der Waals surface area (Å²) in [5.74, 6) is 0.00671. The molecule has 0 N–H and O–H groups in total. The van der Waals surface area contributed by atoms with Gasteiger partial charge >= 0.3 is 0 Å². The highest BCUT2D eigenvalue weighted by molar-refractivity contribution is 8.00. The molecule has 0 saturated carbocycles. The van der Waals surface area contributed by atoms with E-state index in [0.717, 1.165) is 15.2 Å². The van der Waals surface area contributed by atoms with E-state index in [4.69, 9.17) is 5.26 Å². The lowest BCUT2D eigenvalue weighted by molar-refractivity contribution is -0.128. The number of rotatable bonds is 5. The highest BCUT2D eigenvalue weighted by Gasteiger charge is 2.20. The van der Waals surface area contributed by atoms with Gasteiger partial charge in [-0.05, 0) is 18.4 Å². The van der Waals surface area contributed by atoms with Crippen LogP contribution in [0.1, 0.15) is 13.3 Å². The van der Waals surface area contributed by atoms with E-state index in [0.29, 0.717) is 13.0 Å². The fraction of sp³-hybridized carbons (Fsp3) is 0.385. The first-order valence-corrected chi connectivity index (χ1v) is 7.86. The summed E-state index contributed by atoms with van der Waals surface area (Å²) in [5, 5.41) is 12.1. The maximum Gasteiger partial charge on any atom is 0.235 e. The molecule has 20 heavy (non-hydrogen) atoms. The molecule has 0 saturated heterocycles. The van der Waals surface area contributed by atoms with Crippen LogP contribution in [0.2, 0.25) is 0 Å². The Bertz CT molecular complexity index is 649. The minimum atomic E-state index is -0.239. The number of hydrogen-bond acceptors (Lipinski definition) is 6. The molecule has 0 aliphatic carbocycles. The van der Waals surface area contributed by atoms with Gasteiger partial charge < -0.3 is 4.90 Å². The standard InChI is InChI=1S/C13H14N4OS2/c1-9(13(18)17(2)6-3-5-14)20-12-10-4-7-19-11(10)15-8-16-12/h4,7-9H,3,6H2,1-2H3/t9-/m0/s1. The van der Waals surface area contributed by atoms with Crippen LogP contribution in [0.15, 0.2) is 22.8 Å². The minimum absolute atomic E-state index is 0.00671. The zero-order valence-electron chi connectivity index (χ0n) is 11.2. The molecule has 104 valence electrons. The van der Waals surface area contributed by atoms with Crippen molar-refractivity contribution in [3.05, 3.63) is 17.8 Å². The van der Waals surface area contributed by atoms with Crippen LogP contribution in [0.5, 0.6) is 0 Å². The van der Waals surface area contributed by atoms with E-state index in [1.807, 2.05) is 24.4 Å². The highest BCUT2D eigenvalue weighted by Crippen LogP contribution is 2.30. The number of hydrogen-bond donors (Lipinski definition) is 0. The predicted octanol–water partition coefficient (Wildman–Crippen LogP) is 2.54. The molecule has 7 heteroatoms. The summed E-state index contributed by atoms with van der Waals surface area (Å²) >= 11 is 2.99. The van der Waals surface area contributed by atoms with Crippen molar-refractivity contribution < 1.29 is 4.79 Å². The highest BCUT2D eigenvalue weighted by atomic mass is 32.2. The average molecular weight is 306 g/mol. The van der Waals surface area contributed by atoms with Gasteiger partial charge in [-0.15, -0.1) is 11.3 Å². The third-order valence-corrected chi connectivity index (χ3v) is 4.72. The van der Waals surface area contributed by atoms with Gasteiger partial charge in [0.15, 0.2) is 0 Å². The number of carbonyl (C=O) groups excluding carboxylic acids is 1. The third-order valence-electron chi connectivity index (χ3n) is 2.80. The minimum Gasteiger partial charge on any atom is -0.344 e. The maximum atomic E-state index is 12.2. The number of nitrogens with zero attached hydrogens (tertiary/aromatic N) is 4. The van der Waals surface area contributed by atoms with Gasteiger partial charge in [0.1, 0.15) is 16.2 Å². The Balaban J connectivity index is 2.07. The first-order valence-electron chi connectivity index (χ1n) is 6.10. The molecule has 2 aromatic rings. The van der Waals surface area contributed by atoms with Crippen molar-refractivity contribution in [3.63, 3.8) is 0 Å². The van der Waals surface area contributed by atoms with Crippen LogP contribution < -0.4 is 0 Å². The fourth-order valence-electron chi connectivity index (χ4n) is 1.72. The molecule has 2 aromatic heterocycles. The average Bonchev–Trinajstić information content (AvgIpc) is 2.93. The Morgan fingerprint density at radius 3 is 3.15 bits per heavy atom. The second-order valence-corrected chi connectivity index (χ2v) is 6.47. The van der Waals surface area contributed by atoms with E-state index in [1.165, 1.54) is 18.1 Å². The summed E-state index contributed by atoms with van der Waals surface area (Å²) in [6.45, 7) is 2.31. The first-order chi connectivity index (χ1) is 9.63. The van der Waals surface area contributed by atoms with Crippen molar-refractivity contribution in [1.29, 1.82) is 5.26 Å². The van der Waals surface area contributed by atoms with Crippen LogP contribution in [-0.2, 0) is 4.79 Å². The Morgan fingerprint density at radius 1 is 1.60 bits per heavy atom. The quantitative estimate of drug-likeness (QED) is 0.627. The summed E-state index contributed by atoms with van der Waals surface area (Å²) in [5.41, 5.74) is 0. The van der Waals surface area contributed by atoms with Crippen LogP contribution in [-0.4, -0.2) is 39.6 Å². The van der Waals surface area contributed by atoms with Crippen molar-refractivity contribution >= 4 is 39.2 Å². The molecule has 1 atom stereocenters. The number of thioether (sulfide) groups is 1. The zero-order chi connectivity index (χ0) is 14.5. The number of amides is 1. The van der Waals surface area contributed by atoms with E-state index >= 15 is 0 Å². The predicted molar refractivity (Wildman–Crippen MR) is 80.6 cm³/mol. The number of aromatic nitrogens is 2. The van der Waals surface area contributed by atoms with E-state index in [-0.39, 0.29) is 11.2 Å². The molecule has 1 amide bonds. The molecule has 0 unspecified atom stereocenters. The molecule has 5 nitrogen and oxygen atoms in total. The lowest BCUT2D eigenvalue weighted by Crippen LogP contribution is -2.33. The molecule has 2 heterocycles. The number of nitriles is 1. The normalized spacial score (nSPS) is 12.1. The van der Waals surface area contributed by atoms with Crippen LogP contribution in [0.4, 0.5) is 0 Å². The smallest absolute Gasteiger partial charge is 0.235 e. The lowest BCUT2D eigenvalue weighted by Gasteiger charge is -2.19. The van der Waals surface area contributed by atoms with Gasteiger partial charge in [0.2, 0.25) is 5.91 Å².